The molecule has 0 saturated carbocycles. The van der Waals surface area contributed by atoms with Crippen molar-refractivity contribution in [3.8, 4) is 0 Å². The van der Waals surface area contributed by atoms with Gasteiger partial charge in [-0.25, -0.2) is 4.79 Å². The second-order valence-electron chi connectivity index (χ2n) is 0.877. The summed E-state index contributed by atoms with van der Waals surface area (Å²) in [6.07, 6.45) is -4.93. The maximum Gasteiger partial charge on any atom is 0.491 e. The van der Waals surface area contributed by atoms with E-state index >= 15 is 0 Å². The molecule has 0 unspecified atom stereocenters. The van der Waals surface area contributed by atoms with Gasteiger partial charge in [-0.05, 0) is 0 Å². The van der Waals surface area contributed by atoms with E-state index < -0.39 is 12.1 Å². The van der Waals surface area contributed by atoms with Crippen LogP contribution in [0.3, 0.4) is 0 Å². The van der Waals surface area contributed by atoms with Crippen LogP contribution in [0, 0.1) is 0 Å². The van der Waals surface area contributed by atoms with Crippen molar-refractivity contribution in [2.75, 3.05) is 0 Å². The maximum atomic E-state index is 10.9. The first-order valence-electron chi connectivity index (χ1n) is 1.41. The lowest BCUT2D eigenvalue weighted by Gasteiger charge is -1.98. The molecule has 0 saturated heterocycles. The number of hydrogen-bond acceptors (Lipinski definition) is 3. The first-order valence-corrected chi connectivity index (χ1v) is 1.77. The molecule has 0 heterocycles. The number of carbonyl (C=O) groups is 1. The molecule has 0 bridgehead atoms. The minimum Gasteiger partial charge on any atom is -0.388 e. The van der Waals surface area contributed by atoms with Crippen molar-refractivity contribution in [3.63, 3.8) is 0 Å². The highest BCUT2D eigenvalue weighted by Gasteiger charge is 2.40. The van der Waals surface area contributed by atoms with Crippen LogP contribution in [0.4, 0.5) is 13.2 Å². The zero-order chi connectivity index (χ0) is 6.78. The molecule has 6 heteroatoms. The van der Waals surface area contributed by atoms with Crippen molar-refractivity contribution in [1.29, 1.82) is 0 Å². The van der Waals surface area contributed by atoms with Crippen LogP contribution in [-0.4, -0.2) is 12.1 Å². The first kappa shape index (κ1) is 7.61. The van der Waals surface area contributed by atoms with Crippen molar-refractivity contribution in [1.82, 2.24) is 0 Å². The zero-order valence-corrected chi connectivity index (χ0v) is 4.29. The van der Waals surface area contributed by atoms with Crippen LogP contribution in [0.15, 0.2) is 0 Å². The van der Waals surface area contributed by atoms with E-state index in [4.69, 9.17) is 0 Å². The molecule has 0 aliphatic heterocycles. The van der Waals surface area contributed by atoms with Crippen molar-refractivity contribution in [2.45, 2.75) is 6.18 Å². The molecular formula is C2HF3O2S. The molecule has 48 valence electrons. The molecule has 0 radical (unpaired) electrons. The molecular weight excluding hydrogens is 145 g/mol. The Kier molecular flexibility index (Phi) is 2.14. The van der Waals surface area contributed by atoms with Crippen LogP contribution in [0.1, 0.15) is 0 Å². The summed E-state index contributed by atoms with van der Waals surface area (Å²) in [4.78, 5) is 9.41. The number of halogens is 3. The molecule has 0 atom stereocenters. The Hall–Kier alpha value is -0.390. The van der Waals surface area contributed by atoms with E-state index in [1.807, 2.05) is 0 Å². The molecule has 0 N–H and O–H groups in total. The summed E-state index contributed by atoms with van der Waals surface area (Å²) >= 11 is 2.64. The van der Waals surface area contributed by atoms with Crippen molar-refractivity contribution in [3.05, 3.63) is 0 Å². The minimum atomic E-state index is -4.93. The number of rotatable bonds is 0. The Labute approximate surface area is 48.2 Å². The summed E-state index contributed by atoms with van der Waals surface area (Å²) in [5.74, 6) is -2.30. The normalized spacial score (nSPS) is 11.0. The summed E-state index contributed by atoms with van der Waals surface area (Å²) in [6, 6.07) is 0. The lowest BCUT2D eigenvalue weighted by Crippen LogP contribution is -2.22. The van der Waals surface area contributed by atoms with Crippen LogP contribution in [0.5, 0.6) is 0 Å². The minimum absolute atomic E-state index is 2.30. The lowest BCUT2D eigenvalue weighted by atomic mass is 10.7. The largest absolute Gasteiger partial charge is 0.491 e. The quantitative estimate of drug-likeness (QED) is 0.406. The predicted molar refractivity (Wildman–Crippen MR) is 21.1 cm³/mol. The van der Waals surface area contributed by atoms with Gasteiger partial charge >= 0.3 is 12.1 Å². The average molecular weight is 146 g/mol. The number of carbonyl (C=O) groups excluding carboxylic acids is 1. The van der Waals surface area contributed by atoms with E-state index in [1.165, 1.54) is 0 Å². The van der Waals surface area contributed by atoms with Gasteiger partial charge in [-0.3, -0.25) is 0 Å². The third-order valence-corrected chi connectivity index (χ3v) is 0.480. The van der Waals surface area contributed by atoms with E-state index in [-0.39, 0.29) is 0 Å². The third kappa shape index (κ3) is 2.06. The van der Waals surface area contributed by atoms with Crippen molar-refractivity contribution in [2.24, 2.45) is 0 Å². The van der Waals surface area contributed by atoms with Gasteiger partial charge in [0.15, 0.2) is 0 Å². The molecule has 0 aliphatic carbocycles. The molecule has 2 nitrogen and oxygen atoms in total. The Bertz CT molecular complexity index is 97.9. The smallest absolute Gasteiger partial charge is 0.388 e. The van der Waals surface area contributed by atoms with Gasteiger partial charge in [0, 0.05) is 12.9 Å². The predicted octanol–water partition coefficient (Wildman–Crippen LogP) is 0.937. The van der Waals surface area contributed by atoms with Crippen LogP contribution < -0.4 is 0 Å². The van der Waals surface area contributed by atoms with Crippen LogP contribution >= 0.6 is 12.9 Å². The maximum absolute atomic E-state index is 10.9. The fraction of sp³-hybridized carbons (Fsp3) is 0.500. The molecule has 0 aromatic carbocycles. The Balaban J connectivity index is 3.82. The molecule has 0 spiro atoms. The van der Waals surface area contributed by atoms with Crippen LogP contribution in [-0.2, 0) is 8.98 Å². The highest BCUT2D eigenvalue weighted by Crippen LogP contribution is 2.16. The van der Waals surface area contributed by atoms with Crippen LogP contribution in [0.2, 0.25) is 0 Å². The standard InChI is InChI=1S/C2HF3O2S/c3-2(4,5)1(6)7-8/h8H. The van der Waals surface area contributed by atoms with E-state index in [0.29, 0.717) is 0 Å². The molecule has 0 fully saturated rings. The molecule has 0 aliphatic rings. The fourth-order valence-electron chi connectivity index (χ4n) is 0.0518. The summed E-state index contributed by atoms with van der Waals surface area (Å²) in [5.41, 5.74) is 0. The van der Waals surface area contributed by atoms with Gasteiger partial charge in [-0.1, -0.05) is 0 Å². The number of alkyl halides is 3. The lowest BCUT2D eigenvalue weighted by molar-refractivity contribution is -0.188. The average Bonchev–Trinajstić information content (AvgIpc) is 1.62. The van der Waals surface area contributed by atoms with Gasteiger partial charge < -0.3 is 4.18 Å². The Morgan fingerprint density at radius 1 is 1.50 bits per heavy atom. The van der Waals surface area contributed by atoms with E-state index in [0.717, 1.165) is 0 Å². The van der Waals surface area contributed by atoms with E-state index in [2.05, 4.69) is 17.1 Å². The number of hydrogen-bond donors (Lipinski definition) is 1. The van der Waals surface area contributed by atoms with Gasteiger partial charge in [0.1, 0.15) is 0 Å². The summed E-state index contributed by atoms with van der Waals surface area (Å²) in [6.45, 7) is 0. The highest BCUT2D eigenvalue weighted by molar-refractivity contribution is 7.75. The summed E-state index contributed by atoms with van der Waals surface area (Å²) in [5, 5.41) is 0. The molecule has 0 aromatic heterocycles. The molecule has 0 amide bonds. The third-order valence-electron chi connectivity index (χ3n) is 0.314. The Morgan fingerprint density at radius 2 is 1.88 bits per heavy atom. The van der Waals surface area contributed by atoms with Gasteiger partial charge in [-0.2, -0.15) is 13.2 Å². The summed E-state index contributed by atoms with van der Waals surface area (Å²) in [7, 11) is 0. The summed E-state index contributed by atoms with van der Waals surface area (Å²) < 4.78 is 35.8. The van der Waals surface area contributed by atoms with E-state index in [1.54, 1.807) is 0 Å². The van der Waals surface area contributed by atoms with Gasteiger partial charge in [0.25, 0.3) is 0 Å². The zero-order valence-electron chi connectivity index (χ0n) is 3.40. The topological polar surface area (TPSA) is 26.3 Å². The van der Waals surface area contributed by atoms with Gasteiger partial charge in [0.05, 0.1) is 0 Å². The van der Waals surface area contributed by atoms with Gasteiger partial charge in [-0.15, -0.1) is 0 Å². The number of thiol groups is 1. The monoisotopic (exact) mass is 146 g/mol. The molecule has 0 rings (SSSR count). The van der Waals surface area contributed by atoms with Crippen molar-refractivity contribution < 1.29 is 22.1 Å². The van der Waals surface area contributed by atoms with Crippen LogP contribution in [0.25, 0.3) is 0 Å². The first-order chi connectivity index (χ1) is 3.48. The Morgan fingerprint density at radius 3 is 1.88 bits per heavy atom. The van der Waals surface area contributed by atoms with Crippen molar-refractivity contribution >= 4 is 18.9 Å². The molecule has 8 heavy (non-hydrogen) atoms. The van der Waals surface area contributed by atoms with Gasteiger partial charge in [0.2, 0.25) is 0 Å². The molecule has 0 aromatic rings. The second-order valence-corrected chi connectivity index (χ2v) is 1.06. The fourth-order valence-corrected chi connectivity index (χ4v) is 0.155. The second kappa shape index (κ2) is 2.25. The van der Waals surface area contributed by atoms with E-state index in [9.17, 15) is 18.0 Å². The SMILES string of the molecule is O=C(OS)C(F)(F)F. The highest BCUT2D eigenvalue weighted by atomic mass is 32.1.